The number of rotatable bonds is 4. The smallest absolute Gasteiger partial charge is 0.251 e. The highest BCUT2D eigenvalue weighted by atomic mass is 16.3. The third-order valence-corrected chi connectivity index (χ3v) is 3.31. The maximum absolute atomic E-state index is 12.0. The van der Waals surface area contributed by atoms with E-state index in [1.165, 1.54) is 6.07 Å². The van der Waals surface area contributed by atoms with Crippen LogP contribution >= 0.6 is 0 Å². The Morgan fingerprint density at radius 3 is 2.59 bits per heavy atom. The molecule has 94 valence electrons. The van der Waals surface area contributed by atoms with Crippen LogP contribution in [0.25, 0.3) is 0 Å². The van der Waals surface area contributed by atoms with E-state index in [4.69, 9.17) is 0 Å². The van der Waals surface area contributed by atoms with Crippen LogP contribution < -0.4 is 5.32 Å². The van der Waals surface area contributed by atoms with Crippen LogP contribution in [-0.4, -0.2) is 17.1 Å². The molecule has 2 unspecified atom stereocenters. The van der Waals surface area contributed by atoms with Crippen LogP contribution in [0.1, 0.15) is 43.1 Å². The molecule has 0 aliphatic heterocycles. The number of amides is 1. The van der Waals surface area contributed by atoms with Gasteiger partial charge >= 0.3 is 0 Å². The molecule has 1 aromatic rings. The molecule has 2 N–H and O–H groups in total. The first kappa shape index (κ1) is 13.6. The Morgan fingerprint density at radius 1 is 1.41 bits per heavy atom. The van der Waals surface area contributed by atoms with Gasteiger partial charge in [-0.25, -0.2) is 0 Å². The molecule has 0 aliphatic carbocycles. The van der Waals surface area contributed by atoms with E-state index >= 15 is 0 Å². The molecule has 0 aliphatic rings. The quantitative estimate of drug-likeness (QED) is 0.843. The molecule has 0 bridgehead atoms. The van der Waals surface area contributed by atoms with Gasteiger partial charge in [0.25, 0.3) is 5.91 Å². The molecule has 17 heavy (non-hydrogen) atoms. The number of nitrogens with one attached hydrogen (secondary N) is 1. The molecule has 1 amide bonds. The lowest BCUT2D eigenvalue weighted by atomic mass is 10.00. The van der Waals surface area contributed by atoms with Crippen LogP contribution in [-0.2, 0) is 0 Å². The summed E-state index contributed by atoms with van der Waals surface area (Å²) in [5, 5.41) is 12.3. The van der Waals surface area contributed by atoms with Crippen LogP contribution in [0.5, 0.6) is 5.75 Å². The van der Waals surface area contributed by atoms with Crippen LogP contribution in [0, 0.1) is 12.8 Å². The Hall–Kier alpha value is -1.51. The van der Waals surface area contributed by atoms with Gasteiger partial charge in [-0.05, 0) is 43.5 Å². The van der Waals surface area contributed by atoms with E-state index in [1.807, 2.05) is 13.8 Å². The summed E-state index contributed by atoms with van der Waals surface area (Å²) in [7, 11) is 0. The summed E-state index contributed by atoms with van der Waals surface area (Å²) in [4.78, 5) is 12.0. The zero-order valence-corrected chi connectivity index (χ0v) is 10.9. The maximum atomic E-state index is 12.0. The van der Waals surface area contributed by atoms with E-state index < -0.39 is 0 Å². The molecule has 0 fully saturated rings. The Kier molecular flexibility index (Phi) is 4.55. The van der Waals surface area contributed by atoms with E-state index in [1.54, 1.807) is 12.1 Å². The van der Waals surface area contributed by atoms with Gasteiger partial charge in [0, 0.05) is 11.6 Å². The largest absolute Gasteiger partial charge is 0.508 e. The Morgan fingerprint density at radius 2 is 2.06 bits per heavy atom. The molecule has 0 saturated carbocycles. The number of carbonyl (C=O) groups is 1. The van der Waals surface area contributed by atoms with Crippen molar-refractivity contribution in [3.8, 4) is 5.75 Å². The van der Waals surface area contributed by atoms with Crippen molar-refractivity contribution in [2.75, 3.05) is 0 Å². The Balaban J connectivity index is 2.76. The predicted octanol–water partition coefficient (Wildman–Crippen LogP) is 2.87. The van der Waals surface area contributed by atoms with Crippen molar-refractivity contribution in [1.29, 1.82) is 0 Å². The third-order valence-electron chi connectivity index (χ3n) is 3.31. The first-order chi connectivity index (χ1) is 7.95. The fourth-order valence-electron chi connectivity index (χ4n) is 1.68. The van der Waals surface area contributed by atoms with E-state index in [-0.39, 0.29) is 17.7 Å². The summed E-state index contributed by atoms with van der Waals surface area (Å²) in [6, 6.07) is 4.95. The van der Waals surface area contributed by atoms with Gasteiger partial charge in [0.05, 0.1) is 0 Å². The van der Waals surface area contributed by atoms with E-state index in [9.17, 15) is 9.90 Å². The number of hydrogen-bond donors (Lipinski definition) is 2. The van der Waals surface area contributed by atoms with Gasteiger partial charge in [-0.15, -0.1) is 0 Å². The highest BCUT2D eigenvalue weighted by Gasteiger charge is 2.15. The van der Waals surface area contributed by atoms with Gasteiger partial charge in [0.15, 0.2) is 0 Å². The molecule has 3 nitrogen and oxygen atoms in total. The van der Waals surface area contributed by atoms with Gasteiger partial charge in [-0.2, -0.15) is 0 Å². The normalized spacial score (nSPS) is 14.1. The van der Waals surface area contributed by atoms with Crippen molar-refractivity contribution in [2.45, 2.75) is 40.2 Å². The summed E-state index contributed by atoms with van der Waals surface area (Å²) in [6.45, 7) is 8.07. The zero-order chi connectivity index (χ0) is 13.0. The molecule has 0 spiro atoms. The van der Waals surface area contributed by atoms with Crippen molar-refractivity contribution in [2.24, 2.45) is 5.92 Å². The number of aryl methyl sites for hydroxylation is 1. The Labute approximate surface area is 103 Å². The monoisotopic (exact) mass is 235 g/mol. The fraction of sp³-hybridized carbons (Fsp3) is 0.500. The summed E-state index contributed by atoms with van der Waals surface area (Å²) >= 11 is 0. The number of carbonyl (C=O) groups excluding carboxylic acids is 1. The highest BCUT2D eigenvalue weighted by Crippen LogP contribution is 2.16. The van der Waals surface area contributed by atoms with Crippen LogP contribution in [0.15, 0.2) is 18.2 Å². The number of hydrogen-bond acceptors (Lipinski definition) is 2. The van der Waals surface area contributed by atoms with Crippen molar-refractivity contribution in [3.05, 3.63) is 29.3 Å². The second kappa shape index (κ2) is 5.71. The molecule has 3 heteroatoms. The molecular weight excluding hydrogens is 214 g/mol. The average molecular weight is 235 g/mol. The zero-order valence-electron chi connectivity index (χ0n) is 10.9. The SMILES string of the molecule is CCC(C)C(C)NC(=O)c1ccc(O)cc1C. The fourth-order valence-corrected chi connectivity index (χ4v) is 1.68. The standard InChI is InChI=1S/C14H21NO2/c1-5-9(2)11(4)15-14(17)13-7-6-12(16)8-10(13)3/h6-9,11,16H,5H2,1-4H3,(H,15,17). The third kappa shape index (κ3) is 3.48. The van der Waals surface area contributed by atoms with Gasteiger partial charge in [-0.1, -0.05) is 20.3 Å². The second-order valence-electron chi connectivity index (χ2n) is 4.65. The minimum atomic E-state index is -0.0738. The Bertz CT molecular complexity index is 401. The van der Waals surface area contributed by atoms with Crippen molar-refractivity contribution >= 4 is 5.91 Å². The number of aromatic hydroxyl groups is 1. The molecule has 0 aromatic heterocycles. The molecule has 0 heterocycles. The van der Waals surface area contributed by atoms with Gasteiger partial charge in [0.1, 0.15) is 5.75 Å². The lowest BCUT2D eigenvalue weighted by Gasteiger charge is -2.20. The first-order valence-electron chi connectivity index (χ1n) is 6.06. The average Bonchev–Trinajstić information content (AvgIpc) is 2.27. The van der Waals surface area contributed by atoms with Crippen LogP contribution in [0.4, 0.5) is 0 Å². The molecular formula is C14H21NO2. The minimum absolute atomic E-state index is 0.0738. The second-order valence-corrected chi connectivity index (χ2v) is 4.65. The highest BCUT2D eigenvalue weighted by molar-refractivity contribution is 5.95. The lowest BCUT2D eigenvalue weighted by Crippen LogP contribution is -2.37. The summed E-state index contributed by atoms with van der Waals surface area (Å²) < 4.78 is 0. The summed E-state index contributed by atoms with van der Waals surface area (Å²) in [5.74, 6) is 0.570. The molecule has 2 atom stereocenters. The predicted molar refractivity (Wildman–Crippen MR) is 69.2 cm³/mol. The lowest BCUT2D eigenvalue weighted by molar-refractivity contribution is 0.0927. The summed E-state index contributed by atoms with van der Waals surface area (Å²) in [5.41, 5.74) is 1.41. The van der Waals surface area contributed by atoms with Gasteiger partial charge < -0.3 is 10.4 Å². The topological polar surface area (TPSA) is 49.3 Å². The maximum Gasteiger partial charge on any atom is 0.251 e. The van der Waals surface area contributed by atoms with E-state index in [2.05, 4.69) is 19.2 Å². The summed E-state index contributed by atoms with van der Waals surface area (Å²) in [6.07, 6.45) is 1.04. The van der Waals surface area contributed by atoms with Crippen LogP contribution in [0.2, 0.25) is 0 Å². The molecule has 1 rings (SSSR count). The number of phenols is 1. The van der Waals surface area contributed by atoms with Gasteiger partial charge in [-0.3, -0.25) is 4.79 Å². The first-order valence-corrected chi connectivity index (χ1v) is 6.06. The molecule has 0 saturated heterocycles. The molecule has 0 radical (unpaired) electrons. The van der Waals surface area contributed by atoms with Crippen molar-refractivity contribution in [1.82, 2.24) is 5.32 Å². The van der Waals surface area contributed by atoms with Crippen LogP contribution in [0.3, 0.4) is 0 Å². The molecule has 1 aromatic carbocycles. The van der Waals surface area contributed by atoms with Gasteiger partial charge in [0.2, 0.25) is 0 Å². The van der Waals surface area contributed by atoms with Crippen molar-refractivity contribution < 1.29 is 9.90 Å². The number of phenolic OH excluding ortho intramolecular Hbond substituents is 1. The van der Waals surface area contributed by atoms with E-state index in [0.717, 1.165) is 12.0 Å². The van der Waals surface area contributed by atoms with Crippen molar-refractivity contribution in [3.63, 3.8) is 0 Å². The number of benzene rings is 1. The van der Waals surface area contributed by atoms with E-state index in [0.29, 0.717) is 11.5 Å². The minimum Gasteiger partial charge on any atom is -0.508 e.